The Morgan fingerprint density at radius 3 is 2.07 bits per heavy atom. The third kappa shape index (κ3) is 3.98. The third-order valence-corrected chi connectivity index (χ3v) is 17.3. The summed E-state index contributed by atoms with van der Waals surface area (Å²) >= 11 is 0. The van der Waals surface area contributed by atoms with Gasteiger partial charge in [-0.1, -0.05) is 60.6 Å². The van der Waals surface area contributed by atoms with E-state index in [0.717, 1.165) is 25.7 Å². The molecule has 6 aliphatic carbocycles. The molecule has 6 fully saturated rings. The zero-order valence-electron chi connectivity index (χ0n) is 29.5. The van der Waals surface area contributed by atoms with Gasteiger partial charge in [0.15, 0.2) is 0 Å². The highest BCUT2D eigenvalue weighted by molar-refractivity contribution is 5.81. The van der Waals surface area contributed by atoms with Gasteiger partial charge in [0.25, 0.3) is 0 Å². The molecule has 6 rings (SSSR count). The third-order valence-electron chi connectivity index (χ3n) is 17.3. The molecule has 0 aliphatic heterocycles. The van der Waals surface area contributed by atoms with Crippen LogP contribution in [0.15, 0.2) is 12.2 Å². The highest BCUT2D eigenvalue weighted by Crippen LogP contribution is 2.76. The average Bonchev–Trinajstić information content (AvgIpc) is 3.40. The lowest BCUT2D eigenvalue weighted by Crippen LogP contribution is -2.68. The van der Waals surface area contributed by atoms with Crippen molar-refractivity contribution in [3.8, 4) is 0 Å². The maximum absolute atomic E-state index is 13.8. The molecule has 0 amide bonds. The quantitative estimate of drug-likeness (QED) is 0.246. The molecular weight excluding hydrogens is 546 g/mol. The van der Waals surface area contributed by atoms with Crippen molar-refractivity contribution in [3.63, 3.8) is 0 Å². The number of ether oxygens (including phenoxy) is 1. The van der Waals surface area contributed by atoms with Crippen molar-refractivity contribution < 1.29 is 19.4 Å². The fourth-order valence-corrected chi connectivity index (χ4v) is 13.9. The first-order valence-corrected chi connectivity index (χ1v) is 18.1. The zero-order valence-corrected chi connectivity index (χ0v) is 29.5. The molecular formula is C39H63NO4. The second-order valence-corrected chi connectivity index (χ2v) is 19.2. The molecule has 0 bridgehead atoms. The summed E-state index contributed by atoms with van der Waals surface area (Å²) in [5.74, 6) is 1.60. The number of aliphatic carboxylic acids is 1. The molecule has 5 nitrogen and oxygen atoms in total. The molecule has 0 radical (unpaired) electrons. The second kappa shape index (κ2) is 9.83. The SMILES string of the molecule is C=C(C)[C@@H]1CC[C@]2(N)CC[C@]3(C)[C@H](CC[C@@H]4[C@@]5(C)CC[C@H](OC(=O)[C@H]6CC[C@@](C)(C(=O)O)C6(C)C)C(C)(C)[C@@H]5CC[C@]43C)[C@@H]12. The summed E-state index contributed by atoms with van der Waals surface area (Å²) in [5.41, 5.74) is 7.69. The number of carboxylic acids is 1. The van der Waals surface area contributed by atoms with Crippen molar-refractivity contribution in [2.45, 2.75) is 151 Å². The predicted octanol–water partition coefficient (Wildman–Crippen LogP) is 8.79. The molecule has 248 valence electrons. The Morgan fingerprint density at radius 2 is 1.45 bits per heavy atom. The summed E-state index contributed by atoms with van der Waals surface area (Å²) in [4.78, 5) is 26.0. The van der Waals surface area contributed by atoms with Crippen molar-refractivity contribution >= 4 is 11.9 Å². The Labute approximate surface area is 267 Å². The van der Waals surface area contributed by atoms with Gasteiger partial charge in [-0.25, -0.2) is 0 Å². The number of hydrogen-bond donors (Lipinski definition) is 2. The normalized spacial score (nSPS) is 52.2. The first-order chi connectivity index (χ1) is 20.2. The number of fused-ring (bicyclic) bond motifs is 7. The minimum absolute atomic E-state index is 0.0161. The van der Waals surface area contributed by atoms with Crippen LogP contribution in [0.3, 0.4) is 0 Å². The van der Waals surface area contributed by atoms with Crippen LogP contribution in [-0.2, 0) is 14.3 Å². The number of carbonyl (C=O) groups excluding carboxylic acids is 1. The van der Waals surface area contributed by atoms with E-state index in [1.807, 2.05) is 13.8 Å². The molecule has 0 unspecified atom stereocenters. The van der Waals surface area contributed by atoms with Gasteiger partial charge in [0.2, 0.25) is 0 Å². The Kier molecular flexibility index (Phi) is 7.28. The van der Waals surface area contributed by atoms with Crippen LogP contribution in [0, 0.1) is 68.0 Å². The molecule has 0 heterocycles. The lowest BCUT2D eigenvalue weighted by Gasteiger charge is -2.72. The van der Waals surface area contributed by atoms with E-state index < -0.39 is 16.8 Å². The number of esters is 1. The highest BCUT2D eigenvalue weighted by atomic mass is 16.5. The van der Waals surface area contributed by atoms with Gasteiger partial charge < -0.3 is 15.6 Å². The molecule has 0 spiro atoms. The number of allylic oxidation sites excluding steroid dienone is 1. The van der Waals surface area contributed by atoms with Gasteiger partial charge in [-0.2, -0.15) is 0 Å². The largest absolute Gasteiger partial charge is 0.481 e. The van der Waals surface area contributed by atoms with Crippen LogP contribution < -0.4 is 5.73 Å². The van der Waals surface area contributed by atoms with E-state index in [2.05, 4.69) is 48.1 Å². The van der Waals surface area contributed by atoms with Crippen molar-refractivity contribution in [1.29, 1.82) is 0 Å². The van der Waals surface area contributed by atoms with Gasteiger partial charge in [-0.3, -0.25) is 9.59 Å². The average molecular weight is 610 g/mol. The summed E-state index contributed by atoms with van der Waals surface area (Å²) < 4.78 is 6.50. The minimum atomic E-state index is -0.911. The van der Waals surface area contributed by atoms with Gasteiger partial charge in [0.05, 0.1) is 11.3 Å². The Morgan fingerprint density at radius 1 is 0.773 bits per heavy atom. The maximum Gasteiger partial charge on any atom is 0.309 e. The summed E-state index contributed by atoms with van der Waals surface area (Å²) in [6, 6.07) is 0. The Balaban J connectivity index is 1.24. The summed E-state index contributed by atoms with van der Waals surface area (Å²) in [5, 5.41) is 10.0. The van der Waals surface area contributed by atoms with E-state index >= 15 is 0 Å². The molecule has 0 aromatic heterocycles. The predicted molar refractivity (Wildman–Crippen MR) is 176 cm³/mol. The van der Waals surface area contributed by atoms with E-state index in [1.54, 1.807) is 6.92 Å². The summed E-state index contributed by atoms with van der Waals surface area (Å²) in [7, 11) is 0. The smallest absolute Gasteiger partial charge is 0.309 e. The minimum Gasteiger partial charge on any atom is -0.481 e. The number of hydrogen-bond acceptors (Lipinski definition) is 4. The molecule has 0 saturated heterocycles. The zero-order chi connectivity index (χ0) is 32.5. The van der Waals surface area contributed by atoms with Gasteiger partial charge in [-0.15, -0.1) is 0 Å². The molecule has 3 N–H and O–H groups in total. The van der Waals surface area contributed by atoms with E-state index in [4.69, 9.17) is 10.5 Å². The monoisotopic (exact) mass is 609 g/mol. The topological polar surface area (TPSA) is 89.6 Å². The second-order valence-electron chi connectivity index (χ2n) is 19.2. The summed E-state index contributed by atoms with van der Waals surface area (Å²) in [6.07, 6.45) is 12.7. The Hall–Kier alpha value is -1.36. The highest BCUT2D eigenvalue weighted by Gasteiger charge is 2.71. The van der Waals surface area contributed by atoms with Crippen molar-refractivity contribution in [2.24, 2.45) is 73.7 Å². The number of nitrogens with two attached hydrogens (primary N) is 1. The molecule has 5 heteroatoms. The summed E-state index contributed by atoms with van der Waals surface area (Å²) in [6.45, 7) is 25.1. The van der Waals surface area contributed by atoms with E-state index in [-0.39, 0.29) is 45.2 Å². The number of rotatable bonds is 4. The Bertz CT molecular complexity index is 1240. The van der Waals surface area contributed by atoms with Gasteiger partial charge in [-0.05, 0) is 142 Å². The van der Waals surface area contributed by atoms with Crippen LogP contribution in [0.4, 0.5) is 0 Å². The molecule has 44 heavy (non-hydrogen) atoms. The lowest BCUT2D eigenvalue weighted by molar-refractivity contribution is -0.246. The van der Waals surface area contributed by atoms with Gasteiger partial charge in [0, 0.05) is 11.0 Å². The van der Waals surface area contributed by atoms with E-state index in [0.29, 0.717) is 42.4 Å². The molecule has 12 atom stereocenters. The van der Waals surface area contributed by atoms with Crippen LogP contribution in [0.2, 0.25) is 0 Å². The first kappa shape index (κ1) is 32.6. The van der Waals surface area contributed by atoms with Crippen molar-refractivity contribution in [2.75, 3.05) is 0 Å². The van der Waals surface area contributed by atoms with Crippen LogP contribution in [-0.4, -0.2) is 28.7 Å². The first-order valence-electron chi connectivity index (χ1n) is 18.1. The lowest BCUT2D eigenvalue weighted by atomic mass is 9.32. The van der Waals surface area contributed by atoms with E-state index in [9.17, 15) is 14.7 Å². The van der Waals surface area contributed by atoms with Crippen molar-refractivity contribution in [1.82, 2.24) is 0 Å². The van der Waals surface area contributed by atoms with Crippen molar-refractivity contribution in [3.05, 3.63) is 12.2 Å². The maximum atomic E-state index is 13.8. The van der Waals surface area contributed by atoms with Gasteiger partial charge in [0.1, 0.15) is 6.10 Å². The number of carbonyl (C=O) groups is 2. The number of carboxylic acid groups (broad SMARTS) is 1. The molecule has 6 saturated carbocycles. The van der Waals surface area contributed by atoms with Crippen LogP contribution in [0.1, 0.15) is 139 Å². The van der Waals surface area contributed by atoms with Crippen LogP contribution in [0.5, 0.6) is 0 Å². The standard InChI is InChI=1S/C39H63NO4/c1-23(2)24-13-20-39(40)22-21-36(8)25(30(24)39)11-12-28-35(7)17-16-29(33(3,4)27(35)15-19-37(28,36)9)44-31(41)26-14-18-38(10,32(42)43)34(26,5)6/h24-30H,1,11-22,40H2,2-10H3,(H,42,43)/t24-,25+,26+,27-,28+,29-,30+,35-,36+,37+,38-,39-/m0/s1. The molecule has 0 aromatic rings. The fraction of sp³-hybridized carbons (Fsp3) is 0.897. The van der Waals surface area contributed by atoms with Crippen LogP contribution >= 0.6 is 0 Å². The molecule has 6 aliphatic rings. The fourth-order valence-electron chi connectivity index (χ4n) is 13.9. The van der Waals surface area contributed by atoms with Gasteiger partial charge >= 0.3 is 11.9 Å². The van der Waals surface area contributed by atoms with Crippen LogP contribution in [0.25, 0.3) is 0 Å². The van der Waals surface area contributed by atoms with E-state index in [1.165, 1.54) is 44.1 Å². The molecule has 0 aromatic carbocycles.